The minimum absolute atomic E-state index is 0.422. The average Bonchev–Trinajstić information content (AvgIpc) is 2.37. The van der Waals surface area contributed by atoms with E-state index in [0.29, 0.717) is 10.0 Å². The fraction of sp³-hybridized carbons (Fsp3) is 0.200. The first-order chi connectivity index (χ1) is 9.29. The highest BCUT2D eigenvalue weighted by Crippen LogP contribution is 2.35. The summed E-state index contributed by atoms with van der Waals surface area (Å²) < 4.78 is 38.9. The maximum absolute atomic E-state index is 12.8. The van der Waals surface area contributed by atoms with Crippen molar-refractivity contribution in [2.75, 3.05) is 0 Å². The maximum atomic E-state index is 12.8. The van der Waals surface area contributed by atoms with Crippen molar-refractivity contribution < 1.29 is 13.2 Å². The van der Waals surface area contributed by atoms with Crippen molar-refractivity contribution in [3.8, 4) is 0 Å². The Morgan fingerprint density at radius 3 is 2.40 bits per heavy atom. The smallest absolute Gasteiger partial charge is 0.320 e. The topological polar surface area (TPSA) is 26.0 Å². The van der Waals surface area contributed by atoms with Crippen LogP contribution in [0.2, 0.25) is 0 Å². The van der Waals surface area contributed by atoms with Crippen LogP contribution in [-0.4, -0.2) is 0 Å². The van der Waals surface area contributed by atoms with Gasteiger partial charge in [-0.3, -0.25) is 0 Å². The van der Waals surface area contributed by atoms with Crippen LogP contribution in [0.5, 0.6) is 0 Å². The van der Waals surface area contributed by atoms with Gasteiger partial charge in [0.1, 0.15) is 0 Å². The molecule has 106 valence electrons. The number of hydrogen-bond donors (Lipinski definition) is 1. The van der Waals surface area contributed by atoms with Crippen molar-refractivity contribution in [1.29, 1.82) is 0 Å². The van der Waals surface area contributed by atoms with E-state index in [1.165, 1.54) is 6.07 Å². The lowest BCUT2D eigenvalue weighted by atomic mass is 9.97. The molecule has 1 atom stereocenters. The predicted molar refractivity (Wildman–Crippen MR) is 76.4 cm³/mol. The predicted octanol–water partition coefficient (Wildman–Crippen LogP) is 4.82. The number of halogens is 4. The third-order valence-corrected chi connectivity index (χ3v) is 3.78. The quantitative estimate of drug-likeness (QED) is 0.830. The molecule has 0 saturated carbocycles. The van der Waals surface area contributed by atoms with Crippen LogP contribution >= 0.6 is 15.9 Å². The molecule has 0 aliphatic carbocycles. The highest BCUT2D eigenvalue weighted by atomic mass is 79.9. The molecule has 1 unspecified atom stereocenters. The second kappa shape index (κ2) is 5.58. The summed E-state index contributed by atoms with van der Waals surface area (Å²) in [5, 5.41) is 0. The molecule has 0 saturated heterocycles. The second-order valence-electron chi connectivity index (χ2n) is 4.63. The van der Waals surface area contributed by atoms with E-state index >= 15 is 0 Å². The highest BCUT2D eigenvalue weighted by Gasteiger charge is 2.31. The van der Waals surface area contributed by atoms with Gasteiger partial charge in [-0.25, -0.2) is 0 Å². The van der Waals surface area contributed by atoms with Gasteiger partial charge in [-0.2, -0.15) is 13.2 Å². The molecular weight excluding hydrogens is 331 g/mol. The number of benzene rings is 2. The van der Waals surface area contributed by atoms with Gasteiger partial charge < -0.3 is 5.73 Å². The van der Waals surface area contributed by atoms with E-state index in [4.69, 9.17) is 5.73 Å². The van der Waals surface area contributed by atoms with E-state index in [1.54, 1.807) is 0 Å². The Labute approximate surface area is 123 Å². The van der Waals surface area contributed by atoms with Gasteiger partial charge in [0, 0.05) is 4.47 Å². The normalized spacial score (nSPS) is 13.3. The van der Waals surface area contributed by atoms with Crippen LogP contribution in [0.15, 0.2) is 46.9 Å². The molecule has 1 nitrogen and oxygen atoms in total. The van der Waals surface area contributed by atoms with Crippen molar-refractivity contribution in [1.82, 2.24) is 0 Å². The van der Waals surface area contributed by atoms with Crippen molar-refractivity contribution in [3.63, 3.8) is 0 Å². The molecule has 2 aromatic rings. The molecule has 0 aliphatic rings. The molecule has 20 heavy (non-hydrogen) atoms. The van der Waals surface area contributed by atoms with Crippen molar-refractivity contribution >= 4 is 15.9 Å². The minimum atomic E-state index is -4.37. The van der Waals surface area contributed by atoms with E-state index in [0.717, 1.165) is 23.3 Å². The first kappa shape index (κ1) is 15.1. The molecule has 0 heterocycles. The summed E-state index contributed by atoms with van der Waals surface area (Å²) in [4.78, 5) is 0. The molecule has 0 spiro atoms. The summed E-state index contributed by atoms with van der Waals surface area (Å²) in [7, 11) is 0. The molecule has 2 rings (SSSR count). The van der Waals surface area contributed by atoms with Crippen molar-refractivity contribution in [2.24, 2.45) is 5.73 Å². The summed E-state index contributed by atoms with van der Waals surface area (Å²) in [6, 6.07) is 10.3. The van der Waals surface area contributed by atoms with Gasteiger partial charge in [-0.1, -0.05) is 45.8 Å². The third-order valence-electron chi connectivity index (χ3n) is 3.06. The highest BCUT2D eigenvalue weighted by molar-refractivity contribution is 9.10. The second-order valence-corrected chi connectivity index (χ2v) is 5.48. The van der Waals surface area contributed by atoms with Crippen LogP contribution < -0.4 is 5.73 Å². The third kappa shape index (κ3) is 3.22. The zero-order chi connectivity index (χ0) is 14.9. The Balaban J connectivity index is 2.46. The standard InChI is InChI=1S/C15H13BrF3N/c1-9-3-2-4-10(7-9)14(20)12-8-11(15(17,18)19)5-6-13(12)16/h2-8,14H,20H2,1H3. The van der Waals surface area contributed by atoms with Gasteiger partial charge in [0.05, 0.1) is 11.6 Å². The van der Waals surface area contributed by atoms with E-state index < -0.39 is 17.8 Å². The zero-order valence-electron chi connectivity index (χ0n) is 10.7. The number of nitrogens with two attached hydrogens (primary N) is 1. The summed E-state index contributed by atoms with van der Waals surface area (Å²) in [6.07, 6.45) is -4.37. The molecule has 2 N–H and O–H groups in total. The van der Waals surface area contributed by atoms with Gasteiger partial charge in [0.15, 0.2) is 0 Å². The SMILES string of the molecule is Cc1cccc(C(N)c2cc(C(F)(F)F)ccc2Br)c1. The van der Waals surface area contributed by atoms with E-state index in [2.05, 4.69) is 15.9 Å². The van der Waals surface area contributed by atoms with Gasteiger partial charge in [0.2, 0.25) is 0 Å². The summed E-state index contributed by atoms with van der Waals surface area (Å²) in [6.45, 7) is 1.91. The molecular formula is C15H13BrF3N. The number of alkyl halides is 3. The lowest BCUT2D eigenvalue weighted by molar-refractivity contribution is -0.137. The molecule has 0 radical (unpaired) electrons. The monoisotopic (exact) mass is 343 g/mol. The Morgan fingerprint density at radius 2 is 1.80 bits per heavy atom. The van der Waals surface area contributed by atoms with Crippen LogP contribution in [0.25, 0.3) is 0 Å². The average molecular weight is 344 g/mol. The largest absolute Gasteiger partial charge is 0.416 e. The zero-order valence-corrected chi connectivity index (χ0v) is 12.3. The van der Waals surface area contributed by atoms with Crippen LogP contribution in [0, 0.1) is 6.92 Å². The maximum Gasteiger partial charge on any atom is 0.416 e. The van der Waals surface area contributed by atoms with Crippen LogP contribution in [-0.2, 0) is 6.18 Å². The van der Waals surface area contributed by atoms with E-state index in [-0.39, 0.29) is 0 Å². The van der Waals surface area contributed by atoms with Crippen molar-refractivity contribution in [3.05, 3.63) is 69.2 Å². The fourth-order valence-electron chi connectivity index (χ4n) is 2.00. The van der Waals surface area contributed by atoms with Gasteiger partial charge in [0.25, 0.3) is 0 Å². The summed E-state index contributed by atoms with van der Waals surface area (Å²) >= 11 is 3.27. The number of aryl methyl sites for hydroxylation is 1. The molecule has 0 fully saturated rings. The first-order valence-corrected chi connectivity index (χ1v) is 6.77. The van der Waals surface area contributed by atoms with Crippen LogP contribution in [0.1, 0.15) is 28.3 Å². The molecule has 5 heteroatoms. The molecule has 0 aromatic heterocycles. The molecule has 0 amide bonds. The van der Waals surface area contributed by atoms with Crippen molar-refractivity contribution in [2.45, 2.75) is 19.1 Å². The Hall–Kier alpha value is -1.33. The van der Waals surface area contributed by atoms with Gasteiger partial charge in [-0.15, -0.1) is 0 Å². The summed E-state index contributed by atoms with van der Waals surface area (Å²) in [5.74, 6) is 0. The van der Waals surface area contributed by atoms with Gasteiger partial charge >= 0.3 is 6.18 Å². The van der Waals surface area contributed by atoms with E-state index in [1.807, 2.05) is 31.2 Å². The Kier molecular flexibility index (Phi) is 4.20. The number of hydrogen-bond acceptors (Lipinski definition) is 1. The number of rotatable bonds is 2. The minimum Gasteiger partial charge on any atom is -0.320 e. The molecule has 0 bridgehead atoms. The van der Waals surface area contributed by atoms with Gasteiger partial charge in [-0.05, 0) is 36.2 Å². The molecule has 0 aliphatic heterocycles. The summed E-state index contributed by atoms with van der Waals surface area (Å²) in [5.41, 5.74) is 7.62. The lowest BCUT2D eigenvalue weighted by Gasteiger charge is -2.17. The Morgan fingerprint density at radius 1 is 1.10 bits per heavy atom. The lowest BCUT2D eigenvalue weighted by Crippen LogP contribution is -2.14. The van der Waals surface area contributed by atoms with Crippen LogP contribution in [0.4, 0.5) is 13.2 Å². The van der Waals surface area contributed by atoms with E-state index in [9.17, 15) is 13.2 Å². The van der Waals surface area contributed by atoms with Crippen LogP contribution in [0.3, 0.4) is 0 Å². The fourth-order valence-corrected chi connectivity index (χ4v) is 2.49. The molecule has 2 aromatic carbocycles. The first-order valence-electron chi connectivity index (χ1n) is 5.98. The Bertz CT molecular complexity index is 623.